The molecule has 0 aliphatic rings. The van der Waals surface area contributed by atoms with E-state index in [4.69, 9.17) is 0 Å². The molecule has 0 aliphatic heterocycles. The van der Waals surface area contributed by atoms with Gasteiger partial charge in [-0.1, -0.05) is 23.9 Å². The van der Waals surface area contributed by atoms with Gasteiger partial charge in [-0.05, 0) is 32.9 Å². The van der Waals surface area contributed by atoms with Crippen LogP contribution in [0.4, 0.5) is 0 Å². The van der Waals surface area contributed by atoms with Crippen molar-refractivity contribution in [3.63, 3.8) is 0 Å². The second-order valence-electron chi connectivity index (χ2n) is 6.01. The summed E-state index contributed by atoms with van der Waals surface area (Å²) in [6.45, 7) is 5.86. The Morgan fingerprint density at radius 2 is 2.09 bits per heavy atom. The fourth-order valence-electron chi connectivity index (χ4n) is 2.11. The molecule has 7 heteroatoms. The summed E-state index contributed by atoms with van der Waals surface area (Å²) in [5.41, 5.74) is 1.40. The lowest BCUT2D eigenvalue weighted by Gasteiger charge is -2.19. The van der Waals surface area contributed by atoms with Gasteiger partial charge >= 0.3 is 0 Å². The Kier molecular flexibility index (Phi) is 3.74. The van der Waals surface area contributed by atoms with Gasteiger partial charge in [-0.25, -0.2) is 14.5 Å². The normalized spacial score (nSPS) is 12.0. The van der Waals surface area contributed by atoms with E-state index < -0.39 is 0 Å². The Hall–Kier alpha value is -2.15. The minimum absolute atomic E-state index is 0.0284. The van der Waals surface area contributed by atoms with E-state index in [-0.39, 0.29) is 11.4 Å². The summed E-state index contributed by atoms with van der Waals surface area (Å²) in [6.07, 6.45) is 1.64. The molecule has 22 heavy (non-hydrogen) atoms. The van der Waals surface area contributed by atoms with Crippen molar-refractivity contribution in [3.05, 3.63) is 30.6 Å². The van der Waals surface area contributed by atoms with Crippen molar-refractivity contribution in [2.24, 2.45) is 0 Å². The highest BCUT2D eigenvalue weighted by Gasteiger charge is 2.15. The molecule has 2 aromatic heterocycles. The molecule has 1 N–H and O–H groups in total. The molecule has 0 saturated carbocycles. The Labute approximate surface area is 132 Å². The maximum absolute atomic E-state index is 11.9. The van der Waals surface area contributed by atoms with Gasteiger partial charge in [0, 0.05) is 10.9 Å². The third-order valence-electron chi connectivity index (χ3n) is 2.91. The molecule has 0 spiro atoms. The first-order valence-electron chi connectivity index (χ1n) is 6.96. The number of amides is 1. The van der Waals surface area contributed by atoms with Crippen molar-refractivity contribution in [2.75, 3.05) is 5.75 Å². The lowest BCUT2D eigenvalue weighted by molar-refractivity contribution is -0.119. The molecule has 2 heterocycles. The minimum atomic E-state index is -0.232. The van der Waals surface area contributed by atoms with Gasteiger partial charge < -0.3 is 5.32 Å². The van der Waals surface area contributed by atoms with Crippen molar-refractivity contribution >= 4 is 34.2 Å². The second kappa shape index (κ2) is 5.57. The van der Waals surface area contributed by atoms with Crippen LogP contribution in [0.2, 0.25) is 0 Å². The number of carbonyl (C=O) groups excluding carboxylic acids is 1. The van der Waals surface area contributed by atoms with E-state index >= 15 is 0 Å². The van der Waals surface area contributed by atoms with Crippen LogP contribution in [0.25, 0.3) is 16.6 Å². The van der Waals surface area contributed by atoms with E-state index in [9.17, 15) is 4.79 Å². The van der Waals surface area contributed by atoms with Crippen molar-refractivity contribution < 1.29 is 4.79 Å². The molecule has 0 atom stereocenters. The number of hydrogen-bond acceptors (Lipinski definition) is 5. The quantitative estimate of drug-likeness (QED) is 0.751. The van der Waals surface area contributed by atoms with Crippen LogP contribution in [0.3, 0.4) is 0 Å². The first-order valence-corrected chi connectivity index (χ1v) is 7.95. The maximum atomic E-state index is 11.9. The number of para-hydroxylation sites is 1. The summed E-state index contributed by atoms with van der Waals surface area (Å²) in [6, 6.07) is 7.79. The van der Waals surface area contributed by atoms with Gasteiger partial charge in [-0.3, -0.25) is 4.79 Å². The number of benzene rings is 1. The Bertz CT molecular complexity index is 837. The second-order valence-corrected chi connectivity index (χ2v) is 6.95. The molecule has 3 rings (SSSR count). The first-order chi connectivity index (χ1) is 10.4. The molecule has 6 nitrogen and oxygen atoms in total. The van der Waals surface area contributed by atoms with Crippen LogP contribution >= 0.6 is 11.8 Å². The van der Waals surface area contributed by atoms with Crippen LogP contribution in [0, 0.1) is 0 Å². The third kappa shape index (κ3) is 3.19. The molecular formula is C15H17N5OS. The van der Waals surface area contributed by atoms with Crippen molar-refractivity contribution in [3.8, 4) is 0 Å². The average Bonchev–Trinajstić information content (AvgIpc) is 2.87. The SMILES string of the molecule is CC(C)(C)NC(=O)CSc1nc2c3ccccc3ncn2n1. The number of fused-ring (bicyclic) bond motifs is 3. The fourth-order valence-corrected chi connectivity index (χ4v) is 2.73. The molecule has 3 aromatic rings. The van der Waals surface area contributed by atoms with Crippen LogP contribution in [0.5, 0.6) is 0 Å². The smallest absolute Gasteiger partial charge is 0.230 e. The van der Waals surface area contributed by atoms with Gasteiger partial charge in [0.1, 0.15) is 6.33 Å². The number of aromatic nitrogens is 4. The summed E-state index contributed by atoms with van der Waals surface area (Å²) in [5.74, 6) is 0.263. The first kappa shape index (κ1) is 14.8. The van der Waals surface area contributed by atoms with E-state index in [1.54, 1.807) is 10.8 Å². The zero-order valence-electron chi connectivity index (χ0n) is 12.7. The molecule has 0 fully saturated rings. The van der Waals surface area contributed by atoms with Gasteiger partial charge in [-0.15, -0.1) is 5.10 Å². The minimum Gasteiger partial charge on any atom is -0.351 e. The molecule has 0 bridgehead atoms. The number of nitrogens with zero attached hydrogens (tertiary/aromatic N) is 4. The predicted octanol–water partition coefficient (Wildman–Crippen LogP) is 2.28. The van der Waals surface area contributed by atoms with Gasteiger partial charge in [0.25, 0.3) is 0 Å². The Morgan fingerprint density at radius 1 is 1.32 bits per heavy atom. The maximum Gasteiger partial charge on any atom is 0.230 e. The summed E-state index contributed by atoms with van der Waals surface area (Å²) in [4.78, 5) is 20.7. The summed E-state index contributed by atoms with van der Waals surface area (Å²) in [7, 11) is 0. The lowest BCUT2D eigenvalue weighted by Crippen LogP contribution is -2.41. The van der Waals surface area contributed by atoms with Crippen LogP contribution in [0.15, 0.2) is 35.7 Å². The highest BCUT2D eigenvalue weighted by Crippen LogP contribution is 2.20. The lowest BCUT2D eigenvalue weighted by atomic mass is 10.1. The van der Waals surface area contributed by atoms with E-state index in [0.717, 1.165) is 16.6 Å². The van der Waals surface area contributed by atoms with E-state index in [1.165, 1.54) is 11.8 Å². The number of nitrogens with one attached hydrogen (secondary N) is 1. The van der Waals surface area contributed by atoms with Crippen molar-refractivity contribution in [1.82, 2.24) is 24.9 Å². The van der Waals surface area contributed by atoms with Crippen LogP contribution < -0.4 is 5.32 Å². The largest absolute Gasteiger partial charge is 0.351 e. The van der Waals surface area contributed by atoms with Crippen LogP contribution in [-0.4, -0.2) is 36.8 Å². The van der Waals surface area contributed by atoms with Gasteiger partial charge in [-0.2, -0.15) is 0 Å². The van der Waals surface area contributed by atoms with Gasteiger partial charge in [0.15, 0.2) is 5.65 Å². The molecule has 114 valence electrons. The average molecular weight is 315 g/mol. The summed E-state index contributed by atoms with van der Waals surface area (Å²) >= 11 is 1.32. The Balaban J connectivity index is 1.81. The summed E-state index contributed by atoms with van der Waals surface area (Å²) in [5, 5.41) is 8.79. The fraction of sp³-hybridized carbons (Fsp3) is 0.333. The van der Waals surface area contributed by atoms with Gasteiger partial charge in [0.2, 0.25) is 11.1 Å². The zero-order chi connectivity index (χ0) is 15.7. The van der Waals surface area contributed by atoms with Crippen LogP contribution in [0.1, 0.15) is 20.8 Å². The highest BCUT2D eigenvalue weighted by molar-refractivity contribution is 7.99. The van der Waals surface area contributed by atoms with E-state index in [2.05, 4.69) is 20.4 Å². The number of rotatable bonds is 3. The van der Waals surface area contributed by atoms with Crippen molar-refractivity contribution in [2.45, 2.75) is 31.5 Å². The number of hydrogen-bond donors (Lipinski definition) is 1. The number of carbonyl (C=O) groups is 1. The molecule has 0 unspecified atom stereocenters. The Morgan fingerprint density at radius 3 is 2.86 bits per heavy atom. The number of thioether (sulfide) groups is 1. The third-order valence-corrected chi connectivity index (χ3v) is 3.75. The highest BCUT2D eigenvalue weighted by atomic mass is 32.2. The zero-order valence-corrected chi connectivity index (χ0v) is 13.5. The standard InChI is InChI=1S/C15H17N5OS/c1-15(2,3)18-12(21)8-22-14-17-13-10-6-4-5-7-11(10)16-9-20(13)19-14/h4-7,9H,8H2,1-3H3,(H,18,21). The molecule has 0 radical (unpaired) electrons. The molecule has 0 saturated heterocycles. The summed E-state index contributed by atoms with van der Waals surface area (Å²) < 4.78 is 1.65. The van der Waals surface area contributed by atoms with Crippen molar-refractivity contribution in [1.29, 1.82) is 0 Å². The van der Waals surface area contributed by atoms with Gasteiger partial charge in [0.05, 0.1) is 11.3 Å². The molecule has 0 aliphatic carbocycles. The molecule has 1 amide bonds. The van der Waals surface area contributed by atoms with E-state index in [0.29, 0.717) is 10.9 Å². The van der Waals surface area contributed by atoms with Crippen LogP contribution in [-0.2, 0) is 4.79 Å². The molecular weight excluding hydrogens is 298 g/mol. The van der Waals surface area contributed by atoms with E-state index in [1.807, 2.05) is 45.0 Å². The molecule has 1 aromatic carbocycles. The topological polar surface area (TPSA) is 72.2 Å². The predicted molar refractivity (Wildman–Crippen MR) is 86.9 cm³/mol. The monoisotopic (exact) mass is 315 g/mol.